The van der Waals surface area contributed by atoms with E-state index in [2.05, 4.69) is 0 Å². The molecule has 0 heterocycles. The van der Waals surface area contributed by atoms with E-state index in [1.165, 1.54) is 0 Å². The first-order valence-corrected chi connectivity index (χ1v) is 5.86. The third-order valence-corrected chi connectivity index (χ3v) is 2.42. The third kappa shape index (κ3) is 4.07. The van der Waals surface area contributed by atoms with Crippen LogP contribution in [-0.4, -0.2) is 30.8 Å². The summed E-state index contributed by atoms with van der Waals surface area (Å²) in [5.74, 6) is 0.171. The van der Waals surface area contributed by atoms with Crippen molar-refractivity contribution in [3.63, 3.8) is 0 Å². The Morgan fingerprint density at radius 1 is 1.41 bits per heavy atom. The van der Waals surface area contributed by atoms with Crippen molar-refractivity contribution in [1.29, 1.82) is 0 Å². The van der Waals surface area contributed by atoms with Crippen molar-refractivity contribution < 1.29 is 14.6 Å². The average Bonchev–Trinajstić information content (AvgIpc) is 2.30. The molecule has 0 radical (unpaired) electrons. The number of amides is 1. The van der Waals surface area contributed by atoms with Gasteiger partial charge in [-0.2, -0.15) is 0 Å². The molecule has 0 aliphatic carbocycles. The Hall–Kier alpha value is -1.55. The zero-order valence-electron chi connectivity index (χ0n) is 10.3. The molecule has 0 aliphatic rings. The van der Waals surface area contributed by atoms with Crippen molar-refractivity contribution in [2.24, 2.45) is 0 Å². The fourth-order valence-corrected chi connectivity index (χ4v) is 1.60. The highest BCUT2D eigenvalue weighted by Crippen LogP contribution is 2.20. The predicted octanol–water partition coefficient (Wildman–Crippen LogP) is 2.17. The van der Waals surface area contributed by atoms with E-state index in [1.54, 1.807) is 23.1 Å². The van der Waals surface area contributed by atoms with Gasteiger partial charge in [0.15, 0.2) is 0 Å². The molecule has 0 aromatic heterocycles. The first-order chi connectivity index (χ1) is 8.19. The maximum atomic E-state index is 11.9. The molecular formula is C13H19NO3. The number of hydrogen-bond donors (Lipinski definition) is 1. The number of nitrogens with zero attached hydrogens (tertiary/aromatic N) is 1. The lowest BCUT2D eigenvalue weighted by atomic mass is 10.2. The second kappa shape index (κ2) is 6.91. The van der Waals surface area contributed by atoms with E-state index in [1.807, 2.05) is 19.9 Å². The Morgan fingerprint density at radius 3 is 2.76 bits per heavy atom. The van der Waals surface area contributed by atoms with Gasteiger partial charge in [-0.05, 0) is 26.0 Å². The summed E-state index contributed by atoms with van der Waals surface area (Å²) in [4.78, 5) is 13.6. The van der Waals surface area contributed by atoms with Crippen molar-refractivity contribution in [2.75, 3.05) is 24.7 Å². The lowest BCUT2D eigenvalue weighted by Crippen LogP contribution is -2.31. The minimum absolute atomic E-state index is 0.00606. The molecular weight excluding hydrogens is 218 g/mol. The predicted molar refractivity (Wildman–Crippen MR) is 67.2 cm³/mol. The molecule has 0 atom stereocenters. The van der Waals surface area contributed by atoms with Crippen LogP contribution in [0.3, 0.4) is 0 Å². The Labute approximate surface area is 102 Å². The molecule has 1 aromatic rings. The van der Waals surface area contributed by atoms with Crippen molar-refractivity contribution in [3.05, 3.63) is 24.3 Å². The van der Waals surface area contributed by atoms with E-state index in [-0.39, 0.29) is 11.7 Å². The summed E-state index contributed by atoms with van der Waals surface area (Å²) in [6.45, 7) is 5.44. The number of phenols is 1. The molecule has 1 N–H and O–H groups in total. The van der Waals surface area contributed by atoms with E-state index >= 15 is 0 Å². The molecule has 1 amide bonds. The fraction of sp³-hybridized carbons (Fsp3) is 0.462. The minimum Gasteiger partial charge on any atom is -0.508 e. The van der Waals surface area contributed by atoms with Crippen LogP contribution in [0.2, 0.25) is 0 Å². The van der Waals surface area contributed by atoms with E-state index in [9.17, 15) is 9.90 Å². The smallest absolute Gasteiger partial charge is 0.229 e. The van der Waals surface area contributed by atoms with Gasteiger partial charge in [0.25, 0.3) is 0 Å². The zero-order valence-corrected chi connectivity index (χ0v) is 10.3. The van der Waals surface area contributed by atoms with Crippen LogP contribution in [0, 0.1) is 0 Å². The number of hydrogen-bond acceptors (Lipinski definition) is 3. The van der Waals surface area contributed by atoms with Gasteiger partial charge in [0, 0.05) is 24.9 Å². The second-order valence-corrected chi connectivity index (χ2v) is 3.60. The van der Waals surface area contributed by atoms with Crippen molar-refractivity contribution in [1.82, 2.24) is 0 Å². The van der Waals surface area contributed by atoms with E-state index < -0.39 is 0 Å². The highest BCUT2D eigenvalue weighted by molar-refractivity contribution is 5.93. The number of aromatic hydroxyl groups is 1. The summed E-state index contributed by atoms with van der Waals surface area (Å²) in [6.07, 6.45) is 0.358. The lowest BCUT2D eigenvalue weighted by Gasteiger charge is -2.21. The number of carbonyl (C=O) groups excluding carboxylic acids is 1. The normalized spacial score (nSPS) is 10.2. The average molecular weight is 237 g/mol. The second-order valence-electron chi connectivity index (χ2n) is 3.60. The molecule has 17 heavy (non-hydrogen) atoms. The Balaban J connectivity index is 2.67. The van der Waals surface area contributed by atoms with Crippen molar-refractivity contribution in [3.8, 4) is 5.75 Å². The molecule has 0 spiro atoms. The summed E-state index contributed by atoms with van der Waals surface area (Å²) in [6, 6.07) is 6.70. The topological polar surface area (TPSA) is 49.8 Å². The summed E-state index contributed by atoms with van der Waals surface area (Å²) in [7, 11) is 0. The maximum Gasteiger partial charge on any atom is 0.229 e. The van der Waals surface area contributed by atoms with Gasteiger partial charge in [0.05, 0.1) is 13.0 Å². The van der Waals surface area contributed by atoms with E-state index in [0.29, 0.717) is 31.9 Å². The molecule has 0 unspecified atom stereocenters. The first-order valence-electron chi connectivity index (χ1n) is 5.86. The summed E-state index contributed by atoms with van der Waals surface area (Å²) in [5.41, 5.74) is 0.717. The van der Waals surface area contributed by atoms with Gasteiger partial charge in [0.2, 0.25) is 5.91 Å². The van der Waals surface area contributed by atoms with Crippen LogP contribution in [0.4, 0.5) is 5.69 Å². The van der Waals surface area contributed by atoms with Crippen LogP contribution in [0.1, 0.15) is 20.3 Å². The Kier molecular flexibility index (Phi) is 5.49. The number of rotatable bonds is 6. The molecule has 0 bridgehead atoms. The molecule has 0 fully saturated rings. The molecule has 94 valence electrons. The highest BCUT2D eigenvalue weighted by Gasteiger charge is 2.13. The Morgan fingerprint density at radius 2 is 2.18 bits per heavy atom. The number of carbonyl (C=O) groups is 1. The standard InChI is InChI=1S/C13H19NO3/c1-3-14(13(16)8-9-17-4-2)11-6-5-7-12(15)10-11/h5-7,10,15H,3-4,8-9H2,1-2H3. The van der Waals surface area contributed by atoms with Gasteiger partial charge in [-0.15, -0.1) is 0 Å². The van der Waals surface area contributed by atoms with Crippen LogP contribution in [0.25, 0.3) is 0 Å². The molecule has 4 nitrogen and oxygen atoms in total. The zero-order chi connectivity index (χ0) is 12.7. The van der Waals surface area contributed by atoms with Gasteiger partial charge in [0.1, 0.15) is 5.75 Å². The number of phenolic OH excluding ortho intramolecular Hbond substituents is 1. The van der Waals surface area contributed by atoms with E-state index in [0.717, 1.165) is 0 Å². The van der Waals surface area contributed by atoms with Gasteiger partial charge >= 0.3 is 0 Å². The highest BCUT2D eigenvalue weighted by atomic mass is 16.5. The summed E-state index contributed by atoms with van der Waals surface area (Å²) in [5, 5.41) is 9.39. The van der Waals surface area contributed by atoms with Crippen molar-refractivity contribution >= 4 is 11.6 Å². The van der Waals surface area contributed by atoms with Crippen molar-refractivity contribution in [2.45, 2.75) is 20.3 Å². The quantitative estimate of drug-likeness (QED) is 0.771. The maximum absolute atomic E-state index is 11.9. The molecule has 0 saturated carbocycles. The number of anilines is 1. The van der Waals surface area contributed by atoms with Crippen LogP contribution in [-0.2, 0) is 9.53 Å². The first kappa shape index (κ1) is 13.5. The third-order valence-electron chi connectivity index (χ3n) is 2.42. The lowest BCUT2D eigenvalue weighted by molar-refractivity contribution is -0.119. The molecule has 0 saturated heterocycles. The van der Waals surface area contributed by atoms with Gasteiger partial charge in [-0.25, -0.2) is 0 Å². The SMILES string of the molecule is CCOCCC(=O)N(CC)c1cccc(O)c1. The van der Waals surface area contributed by atoms with Gasteiger partial charge in [-0.3, -0.25) is 4.79 Å². The van der Waals surface area contributed by atoms with Crippen LogP contribution < -0.4 is 4.90 Å². The molecule has 4 heteroatoms. The van der Waals surface area contributed by atoms with E-state index in [4.69, 9.17) is 4.74 Å². The molecule has 0 aliphatic heterocycles. The van der Waals surface area contributed by atoms with Crippen LogP contribution in [0.15, 0.2) is 24.3 Å². The number of benzene rings is 1. The largest absolute Gasteiger partial charge is 0.508 e. The summed E-state index contributed by atoms with van der Waals surface area (Å²) >= 11 is 0. The Bertz CT molecular complexity index is 365. The van der Waals surface area contributed by atoms with Crippen LogP contribution in [0.5, 0.6) is 5.75 Å². The fourth-order valence-electron chi connectivity index (χ4n) is 1.60. The van der Waals surface area contributed by atoms with Crippen LogP contribution >= 0.6 is 0 Å². The molecule has 1 aromatic carbocycles. The van der Waals surface area contributed by atoms with Gasteiger partial charge < -0.3 is 14.7 Å². The summed E-state index contributed by atoms with van der Waals surface area (Å²) < 4.78 is 5.16. The minimum atomic E-state index is 0.00606. The monoisotopic (exact) mass is 237 g/mol. The molecule has 1 rings (SSSR count). The number of ether oxygens (including phenoxy) is 1. The van der Waals surface area contributed by atoms with Gasteiger partial charge in [-0.1, -0.05) is 6.07 Å².